The van der Waals surface area contributed by atoms with Gasteiger partial charge in [0.25, 0.3) is 5.91 Å². The van der Waals surface area contributed by atoms with E-state index in [0.717, 1.165) is 44.0 Å². The van der Waals surface area contributed by atoms with Gasteiger partial charge in [-0.3, -0.25) is 9.69 Å². The van der Waals surface area contributed by atoms with Gasteiger partial charge >= 0.3 is 0 Å². The zero-order chi connectivity index (χ0) is 16.4. The lowest BCUT2D eigenvalue weighted by Crippen LogP contribution is -2.44. The van der Waals surface area contributed by atoms with Gasteiger partial charge in [0.05, 0.1) is 11.5 Å². The minimum Gasteiger partial charge on any atom is -0.383 e. The number of thiophene rings is 1. The molecule has 0 saturated carbocycles. The Labute approximate surface area is 143 Å². The fraction of sp³-hybridized carbons (Fsp3) is 0.722. The molecule has 2 aliphatic heterocycles. The Kier molecular flexibility index (Phi) is 5.09. The molecule has 128 valence electrons. The van der Waals surface area contributed by atoms with Gasteiger partial charge in [-0.1, -0.05) is 6.07 Å². The van der Waals surface area contributed by atoms with Gasteiger partial charge in [0, 0.05) is 38.8 Å². The lowest BCUT2D eigenvalue weighted by atomic mass is 9.76. The molecule has 1 spiro atoms. The van der Waals surface area contributed by atoms with Gasteiger partial charge in [0.1, 0.15) is 0 Å². The number of carbonyl (C=O) groups is 1. The summed E-state index contributed by atoms with van der Waals surface area (Å²) in [7, 11) is 1.80. The molecule has 2 fully saturated rings. The third kappa shape index (κ3) is 3.47. The molecule has 0 unspecified atom stereocenters. The zero-order valence-electron chi connectivity index (χ0n) is 14.5. The molecule has 1 aromatic rings. The first-order valence-electron chi connectivity index (χ1n) is 8.62. The second kappa shape index (κ2) is 6.91. The number of ether oxygens (including phenoxy) is 1. The van der Waals surface area contributed by atoms with E-state index in [0.29, 0.717) is 17.5 Å². The molecule has 3 heterocycles. The molecule has 1 aromatic heterocycles. The molecule has 1 atom stereocenters. The van der Waals surface area contributed by atoms with Crippen LogP contribution in [0.25, 0.3) is 0 Å². The summed E-state index contributed by atoms with van der Waals surface area (Å²) in [5.41, 5.74) is 0.375. The maximum Gasteiger partial charge on any atom is 0.263 e. The summed E-state index contributed by atoms with van der Waals surface area (Å²) in [6.07, 6.45) is 3.45. The van der Waals surface area contributed by atoms with Crippen LogP contribution in [0.5, 0.6) is 0 Å². The Morgan fingerprint density at radius 1 is 1.43 bits per heavy atom. The normalized spacial score (nSPS) is 24.7. The van der Waals surface area contributed by atoms with Crippen LogP contribution in [0, 0.1) is 5.41 Å². The van der Waals surface area contributed by atoms with Crippen molar-refractivity contribution < 1.29 is 9.53 Å². The Hall–Kier alpha value is -0.910. The first kappa shape index (κ1) is 16.9. The Balaban J connectivity index is 1.63. The highest BCUT2D eigenvalue weighted by Gasteiger charge is 2.46. The summed E-state index contributed by atoms with van der Waals surface area (Å²) in [6.45, 7) is 8.30. The number of hydrogen-bond acceptors (Lipinski definition) is 4. The molecule has 1 amide bonds. The number of carbonyl (C=O) groups excluding carboxylic acids is 1. The average molecular weight is 337 g/mol. The molecule has 3 rings (SSSR count). The van der Waals surface area contributed by atoms with Crippen LogP contribution >= 0.6 is 11.3 Å². The topological polar surface area (TPSA) is 32.8 Å². The fourth-order valence-corrected chi connectivity index (χ4v) is 4.94. The molecular formula is C18H28N2O2S. The van der Waals surface area contributed by atoms with Crippen molar-refractivity contribution in [2.75, 3.05) is 33.4 Å². The van der Waals surface area contributed by atoms with Gasteiger partial charge in [-0.15, -0.1) is 11.3 Å². The largest absolute Gasteiger partial charge is 0.383 e. The molecular weight excluding hydrogens is 308 g/mol. The smallest absolute Gasteiger partial charge is 0.263 e. The minimum atomic E-state index is 0.210. The van der Waals surface area contributed by atoms with E-state index in [9.17, 15) is 4.79 Å². The predicted octanol–water partition coefficient (Wildman–Crippen LogP) is 3.10. The van der Waals surface area contributed by atoms with Crippen molar-refractivity contribution in [2.45, 2.75) is 45.2 Å². The molecule has 0 aliphatic carbocycles. The van der Waals surface area contributed by atoms with Crippen LogP contribution in [0.2, 0.25) is 0 Å². The highest BCUT2D eigenvalue weighted by Crippen LogP contribution is 2.44. The third-order valence-electron chi connectivity index (χ3n) is 5.52. The molecule has 0 bridgehead atoms. The monoisotopic (exact) mass is 336 g/mol. The standard InChI is InChI=1S/C18H28N2O2S/c1-14(2)20-13-18(11-15(20)12-22-3)6-8-19(9-7-18)17(21)16-5-4-10-23-16/h4-5,10,14-15H,6-9,11-13H2,1-3H3/t15-/m1/s1. The van der Waals surface area contributed by atoms with Gasteiger partial charge in [-0.05, 0) is 50.0 Å². The van der Waals surface area contributed by atoms with Crippen LogP contribution in [-0.4, -0.2) is 61.1 Å². The highest BCUT2D eigenvalue weighted by molar-refractivity contribution is 7.12. The fourth-order valence-electron chi connectivity index (χ4n) is 4.25. The van der Waals surface area contributed by atoms with E-state index in [1.807, 2.05) is 22.4 Å². The Bertz CT molecular complexity index is 521. The molecule has 0 aromatic carbocycles. The lowest BCUT2D eigenvalue weighted by molar-refractivity contribution is 0.0586. The van der Waals surface area contributed by atoms with Crippen LogP contribution in [0.4, 0.5) is 0 Å². The number of piperidine rings is 1. The van der Waals surface area contributed by atoms with Crippen molar-refractivity contribution in [3.05, 3.63) is 22.4 Å². The second-order valence-electron chi connectivity index (χ2n) is 7.35. The van der Waals surface area contributed by atoms with Crippen molar-refractivity contribution in [3.8, 4) is 0 Å². The third-order valence-corrected chi connectivity index (χ3v) is 6.38. The Morgan fingerprint density at radius 3 is 2.74 bits per heavy atom. The summed E-state index contributed by atoms with van der Waals surface area (Å²) >= 11 is 1.54. The van der Waals surface area contributed by atoms with E-state index >= 15 is 0 Å². The van der Waals surface area contributed by atoms with E-state index in [-0.39, 0.29) is 5.91 Å². The number of rotatable bonds is 4. The van der Waals surface area contributed by atoms with E-state index in [4.69, 9.17) is 4.74 Å². The number of methoxy groups -OCH3 is 1. The highest BCUT2D eigenvalue weighted by atomic mass is 32.1. The average Bonchev–Trinajstić information content (AvgIpc) is 3.17. The van der Waals surface area contributed by atoms with Crippen molar-refractivity contribution >= 4 is 17.2 Å². The summed E-state index contributed by atoms with van der Waals surface area (Å²) in [4.78, 5) is 18.0. The first-order valence-corrected chi connectivity index (χ1v) is 9.50. The van der Waals surface area contributed by atoms with Crippen LogP contribution in [0.3, 0.4) is 0 Å². The molecule has 0 radical (unpaired) electrons. The Morgan fingerprint density at radius 2 is 2.17 bits per heavy atom. The van der Waals surface area contributed by atoms with Crippen molar-refractivity contribution in [1.29, 1.82) is 0 Å². The lowest BCUT2D eigenvalue weighted by Gasteiger charge is -2.39. The van der Waals surface area contributed by atoms with Crippen molar-refractivity contribution in [3.63, 3.8) is 0 Å². The molecule has 0 N–H and O–H groups in total. The van der Waals surface area contributed by atoms with E-state index in [1.165, 1.54) is 6.42 Å². The predicted molar refractivity (Wildman–Crippen MR) is 94.0 cm³/mol. The van der Waals surface area contributed by atoms with Gasteiger partial charge in [-0.25, -0.2) is 0 Å². The summed E-state index contributed by atoms with van der Waals surface area (Å²) in [6, 6.07) is 4.97. The van der Waals surface area contributed by atoms with Gasteiger partial charge in [0.2, 0.25) is 0 Å². The van der Waals surface area contributed by atoms with Crippen LogP contribution < -0.4 is 0 Å². The maximum absolute atomic E-state index is 12.5. The number of nitrogens with zero attached hydrogens (tertiary/aromatic N) is 2. The van der Waals surface area contributed by atoms with Gasteiger partial charge < -0.3 is 9.64 Å². The summed E-state index contributed by atoms with van der Waals surface area (Å²) < 4.78 is 5.44. The molecule has 5 heteroatoms. The summed E-state index contributed by atoms with van der Waals surface area (Å²) in [5, 5.41) is 1.98. The molecule has 2 saturated heterocycles. The van der Waals surface area contributed by atoms with E-state index < -0.39 is 0 Å². The first-order chi connectivity index (χ1) is 11.0. The van der Waals surface area contributed by atoms with Crippen molar-refractivity contribution in [1.82, 2.24) is 9.80 Å². The molecule has 23 heavy (non-hydrogen) atoms. The minimum absolute atomic E-state index is 0.210. The SMILES string of the molecule is COC[C@H]1CC2(CCN(C(=O)c3cccs3)CC2)CN1C(C)C. The van der Waals surface area contributed by atoms with Gasteiger partial charge in [0.15, 0.2) is 0 Å². The second-order valence-corrected chi connectivity index (χ2v) is 8.30. The van der Waals surface area contributed by atoms with Crippen LogP contribution in [-0.2, 0) is 4.74 Å². The number of hydrogen-bond donors (Lipinski definition) is 0. The number of likely N-dealkylation sites (tertiary alicyclic amines) is 2. The van der Waals surface area contributed by atoms with Crippen LogP contribution in [0.15, 0.2) is 17.5 Å². The van der Waals surface area contributed by atoms with Gasteiger partial charge in [-0.2, -0.15) is 0 Å². The molecule has 2 aliphatic rings. The maximum atomic E-state index is 12.5. The zero-order valence-corrected chi connectivity index (χ0v) is 15.3. The number of amides is 1. The summed E-state index contributed by atoms with van der Waals surface area (Å²) in [5.74, 6) is 0.210. The molecule has 4 nitrogen and oxygen atoms in total. The quantitative estimate of drug-likeness (QED) is 0.847. The van der Waals surface area contributed by atoms with Crippen LogP contribution in [0.1, 0.15) is 42.8 Å². The van der Waals surface area contributed by atoms with Crippen molar-refractivity contribution in [2.24, 2.45) is 5.41 Å². The van der Waals surface area contributed by atoms with E-state index in [1.54, 1.807) is 18.4 Å². The van der Waals surface area contributed by atoms with E-state index in [2.05, 4.69) is 18.7 Å².